The largest absolute Gasteiger partial charge is 0.495 e. The normalized spacial score (nSPS) is 12.7. The van der Waals surface area contributed by atoms with E-state index < -0.39 is 14.7 Å². The number of hydrogen-bond acceptors (Lipinski definition) is 5. The van der Waals surface area contributed by atoms with Gasteiger partial charge in [0.1, 0.15) is 11.8 Å². The van der Waals surface area contributed by atoms with Gasteiger partial charge in [0, 0.05) is 20.3 Å². The highest BCUT2D eigenvalue weighted by atomic mass is 32.2. The fourth-order valence-corrected chi connectivity index (χ4v) is 2.71. The minimum Gasteiger partial charge on any atom is -0.495 e. The molecule has 0 bridgehead atoms. The van der Waals surface area contributed by atoms with Crippen molar-refractivity contribution in [2.24, 2.45) is 0 Å². The van der Waals surface area contributed by atoms with Gasteiger partial charge in [-0.05, 0) is 18.2 Å². The molecule has 6 heteroatoms. The van der Waals surface area contributed by atoms with Gasteiger partial charge in [-0.2, -0.15) is 5.26 Å². The van der Waals surface area contributed by atoms with Crippen molar-refractivity contribution >= 4 is 9.84 Å². The quantitative estimate of drug-likeness (QED) is 0.471. The zero-order valence-corrected chi connectivity index (χ0v) is 12.4. The Balaban J connectivity index is 3.41. The van der Waals surface area contributed by atoms with E-state index in [1.165, 1.54) is 25.3 Å². The minimum atomic E-state index is -3.89. The standard InChI is InChI=1S/C14H16N2O3S/c1-16(2)10-9-13(19-3)14(11-15)20(17,18)12-7-5-4-6-8-12/h4-10H,1-3H3/b10-9+,14-13-. The highest BCUT2D eigenvalue weighted by molar-refractivity contribution is 7.95. The minimum absolute atomic E-state index is 0.00468. The molecule has 0 aliphatic carbocycles. The number of hydrogen-bond donors (Lipinski definition) is 0. The molecule has 1 rings (SSSR count). The Labute approximate surface area is 119 Å². The maximum Gasteiger partial charge on any atom is 0.220 e. The van der Waals surface area contributed by atoms with E-state index in [0.29, 0.717) is 0 Å². The number of nitriles is 1. The lowest BCUT2D eigenvalue weighted by Crippen LogP contribution is -2.08. The maximum atomic E-state index is 12.4. The molecule has 0 aliphatic rings. The van der Waals surface area contributed by atoms with Crippen molar-refractivity contribution in [2.45, 2.75) is 4.90 Å². The molecule has 20 heavy (non-hydrogen) atoms. The number of methoxy groups -OCH3 is 1. The summed E-state index contributed by atoms with van der Waals surface area (Å²) >= 11 is 0. The third-order valence-electron chi connectivity index (χ3n) is 2.39. The topological polar surface area (TPSA) is 70.4 Å². The molecule has 0 fully saturated rings. The first-order valence-electron chi connectivity index (χ1n) is 5.76. The monoisotopic (exact) mass is 292 g/mol. The summed E-state index contributed by atoms with van der Waals surface area (Å²) in [5.74, 6) is 0.00468. The summed E-state index contributed by atoms with van der Waals surface area (Å²) in [6.45, 7) is 0. The first-order chi connectivity index (χ1) is 9.43. The smallest absolute Gasteiger partial charge is 0.220 e. The highest BCUT2D eigenvalue weighted by Crippen LogP contribution is 2.22. The summed E-state index contributed by atoms with van der Waals surface area (Å²) in [7, 11) is 0.999. The van der Waals surface area contributed by atoms with Crippen molar-refractivity contribution in [3.8, 4) is 6.07 Å². The van der Waals surface area contributed by atoms with Crippen LogP contribution in [0.1, 0.15) is 0 Å². The second-order valence-corrected chi connectivity index (χ2v) is 5.99. The Hall–Kier alpha value is -2.26. The fraction of sp³-hybridized carbons (Fsp3) is 0.214. The molecule has 0 unspecified atom stereocenters. The van der Waals surface area contributed by atoms with Crippen LogP contribution in [0.2, 0.25) is 0 Å². The average Bonchev–Trinajstić information content (AvgIpc) is 2.43. The van der Waals surface area contributed by atoms with Gasteiger partial charge < -0.3 is 9.64 Å². The lowest BCUT2D eigenvalue weighted by molar-refractivity contribution is 0.304. The number of benzene rings is 1. The van der Waals surface area contributed by atoms with Gasteiger partial charge in [0.2, 0.25) is 9.84 Å². The number of sulfone groups is 1. The van der Waals surface area contributed by atoms with Crippen LogP contribution >= 0.6 is 0 Å². The molecular formula is C14H16N2O3S. The Morgan fingerprint density at radius 1 is 1.30 bits per heavy atom. The van der Waals surface area contributed by atoms with E-state index in [2.05, 4.69) is 0 Å². The van der Waals surface area contributed by atoms with Gasteiger partial charge in [0.15, 0.2) is 4.91 Å². The van der Waals surface area contributed by atoms with E-state index in [-0.39, 0.29) is 10.7 Å². The van der Waals surface area contributed by atoms with Gasteiger partial charge in [-0.1, -0.05) is 18.2 Å². The van der Waals surface area contributed by atoms with E-state index in [1.807, 2.05) is 0 Å². The van der Waals surface area contributed by atoms with Crippen LogP contribution < -0.4 is 0 Å². The van der Waals surface area contributed by atoms with Crippen LogP contribution in [0.3, 0.4) is 0 Å². The SMILES string of the molecule is COC(/C=C/N(C)C)=C(/C#N)S(=O)(=O)c1ccccc1. The van der Waals surface area contributed by atoms with Gasteiger partial charge in [-0.3, -0.25) is 0 Å². The van der Waals surface area contributed by atoms with Crippen molar-refractivity contribution < 1.29 is 13.2 Å². The molecule has 0 aliphatic heterocycles. The van der Waals surface area contributed by atoms with Crippen LogP contribution in [0.5, 0.6) is 0 Å². The molecule has 0 aromatic heterocycles. The predicted octanol–water partition coefficient (Wildman–Crippen LogP) is 1.92. The van der Waals surface area contributed by atoms with Crippen LogP contribution in [-0.2, 0) is 14.6 Å². The van der Waals surface area contributed by atoms with Gasteiger partial charge in [-0.15, -0.1) is 0 Å². The molecule has 1 aromatic carbocycles. The third-order valence-corrected chi connectivity index (χ3v) is 4.11. The predicted molar refractivity (Wildman–Crippen MR) is 76.1 cm³/mol. The Kier molecular flexibility index (Phi) is 5.35. The molecular weight excluding hydrogens is 276 g/mol. The lowest BCUT2D eigenvalue weighted by Gasteiger charge is -2.08. The van der Waals surface area contributed by atoms with E-state index in [1.54, 1.807) is 49.5 Å². The van der Waals surface area contributed by atoms with Gasteiger partial charge in [0.05, 0.1) is 12.0 Å². The Morgan fingerprint density at radius 2 is 1.90 bits per heavy atom. The van der Waals surface area contributed by atoms with Crippen molar-refractivity contribution in [3.63, 3.8) is 0 Å². The molecule has 0 atom stereocenters. The van der Waals surface area contributed by atoms with Crippen molar-refractivity contribution in [2.75, 3.05) is 21.2 Å². The van der Waals surface area contributed by atoms with Crippen molar-refractivity contribution in [3.05, 3.63) is 53.3 Å². The highest BCUT2D eigenvalue weighted by Gasteiger charge is 2.24. The molecule has 0 N–H and O–H groups in total. The van der Waals surface area contributed by atoms with E-state index in [9.17, 15) is 13.7 Å². The number of ether oxygens (including phenoxy) is 1. The Bertz CT molecular complexity index is 653. The molecule has 0 heterocycles. The first kappa shape index (κ1) is 15.8. The molecule has 5 nitrogen and oxygen atoms in total. The lowest BCUT2D eigenvalue weighted by atomic mass is 10.4. The number of rotatable bonds is 5. The number of nitrogens with zero attached hydrogens (tertiary/aromatic N) is 2. The molecule has 106 valence electrons. The van der Waals surface area contributed by atoms with E-state index >= 15 is 0 Å². The molecule has 1 aromatic rings. The summed E-state index contributed by atoms with van der Waals surface area (Å²) in [4.78, 5) is 1.36. The summed E-state index contributed by atoms with van der Waals surface area (Å²) in [5, 5.41) is 9.18. The molecule has 0 saturated heterocycles. The van der Waals surface area contributed by atoms with Crippen molar-refractivity contribution in [1.29, 1.82) is 5.26 Å². The van der Waals surface area contributed by atoms with Crippen LogP contribution in [0, 0.1) is 11.3 Å². The van der Waals surface area contributed by atoms with E-state index in [4.69, 9.17) is 4.74 Å². The van der Waals surface area contributed by atoms with E-state index in [0.717, 1.165) is 0 Å². The van der Waals surface area contributed by atoms with Crippen LogP contribution in [0.25, 0.3) is 0 Å². The zero-order chi connectivity index (χ0) is 15.2. The summed E-state index contributed by atoms with van der Waals surface area (Å²) in [6.07, 6.45) is 3.05. The second-order valence-electron chi connectivity index (χ2n) is 4.11. The fourth-order valence-electron chi connectivity index (χ4n) is 1.42. The van der Waals surface area contributed by atoms with Crippen LogP contribution in [-0.4, -0.2) is 34.5 Å². The molecule has 0 radical (unpaired) electrons. The van der Waals surface area contributed by atoms with Gasteiger partial charge >= 0.3 is 0 Å². The summed E-state index contributed by atoms with van der Waals surface area (Å²) < 4.78 is 29.8. The maximum absolute atomic E-state index is 12.4. The Morgan fingerprint density at radius 3 is 2.35 bits per heavy atom. The van der Waals surface area contributed by atoms with Crippen LogP contribution in [0.15, 0.2) is 58.2 Å². The third kappa shape index (κ3) is 3.62. The second kappa shape index (κ2) is 6.78. The van der Waals surface area contributed by atoms with Crippen molar-refractivity contribution in [1.82, 2.24) is 4.90 Å². The zero-order valence-electron chi connectivity index (χ0n) is 11.6. The molecule has 0 spiro atoms. The summed E-state index contributed by atoms with van der Waals surface area (Å²) in [6, 6.07) is 9.50. The van der Waals surface area contributed by atoms with Crippen LogP contribution in [0.4, 0.5) is 0 Å². The molecule has 0 saturated carbocycles. The van der Waals surface area contributed by atoms with Gasteiger partial charge in [-0.25, -0.2) is 8.42 Å². The summed E-state index contributed by atoms with van der Waals surface area (Å²) in [5.41, 5.74) is 0. The number of allylic oxidation sites excluding steroid dienone is 2. The van der Waals surface area contributed by atoms with Gasteiger partial charge in [0.25, 0.3) is 0 Å². The first-order valence-corrected chi connectivity index (χ1v) is 7.25. The average molecular weight is 292 g/mol. The molecule has 0 amide bonds.